The molecule has 7 nitrogen and oxygen atoms in total. The van der Waals surface area contributed by atoms with E-state index in [1.807, 2.05) is 34.6 Å². The molecule has 1 saturated heterocycles. The van der Waals surface area contributed by atoms with Gasteiger partial charge in [0, 0.05) is 31.9 Å². The van der Waals surface area contributed by atoms with Crippen LogP contribution in [0, 0.1) is 6.92 Å². The summed E-state index contributed by atoms with van der Waals surface area (Å²) in [6, 6.07) is 1.54. The number of carbonyl (C=O) groups is 2. The second kappa shape index (κ2) is 5.98. The number of aromatic nitrogens is 2. The Labute approximate surface area is 130 Å². The molecule has 1 atom stereocenters. The third-order valence-corrected chi connectivity index (χ3v) is 3.44. The van der Waals surface area contributed by atoms with Crippen LogP contribution in [0.1, 0.15) is 33.4 Å². The molecule has 0 radical (unpaired) electrons. The average Bonchev–Trinajstić information content (AvgIpc) is 2.82. The summed E-state index contributed by atoms with van der Waals surface area (Å²) in [4.78, 5) is 27.9. The number of hydrogen-bond acceptors (Lipinski definition) is 4. The Morgan fingerprint density at radius 3 is 2.50 bits per heavy atom. The summed E-state index contributed by atoms with van der Waals surface area (Å²) in [6.07, 6.45) is 1.33. The van der Waals surface area contributed by atoms with Crippen molar-refractivity contribution in [3.8, 4) is 0 Å². The smallest absolute Gasteiger partial charge is 0.410 e. The second-order valence-corrected chi connectivity index (χ2v) is 6.65. The first-order valence-corrected chi connectivity index (χ1v) is 7.48. The highest BCUT2D eigenvalue weighted by molar-refractivity contribution is 5.77. The van der Waals surface area contributed by atoms with Crippen LogP contribution in [-0.4, -0.2) is 63.0 Å². The molecule has 122 valence electrons. The molecule has 0 aliphatic carbocycles. The van der Waals surface area contributed by atoms with Crippen LogP contribution in [0.4, 0.5) is 9.59 Å². The molecule has 1 aliphatic rings. The number of aryl methyl sites for hydroxylation is 1. The van der Waals surface area contributed by atoms with Gasteiger partial charge < -0.3 is 14.5 Å². The van der Waals surface area contributed by atoms with E-state index in [4.69, 9.17) is 4.74 Å². The van der Waals surface area contributed by atoms with E-state index >= 15 is 0 Å². The van der Waals surface area contributed by atoms with Gasteiger partial charge in [-0.15, -0.1) is 0 Å². The molecule has 1 aliphatic heterocycles. The highest BCUT2D eigenvalue weighted by atomic mass is 16.6. The van der Waals surface area contributed by atoms with E-state index in [0.717, 1.165) is 5.69 Å². The maximum atomic E-state index is 12.4. The predicted molar refractivity (Wildman–Crippen MR) is 81.7 cm³/mol. The maximum absolute atomic E-state index is 12.4. The number of amides is 2. The zero-order valence-corrected chi connectivity index (χ0v) is 13.9. The number of piperazine rings is 1. The third-order valence-electron chi connectivity index (χ3n) is 3.44. The van der Waals surface area contributed by atoms with E-state index in [2.05, 4.69) is 5.10 Å². The Balaban J connectivity index is 1.98. The lowest BCUT2D eigenvalue weighted by Gasteiger charge is -2.39. The van der Waals surface area contributed by atoms with Gasteiger partial charge >= 0.3 is 12.1 Å². The predicted octanol–water partition coefficient (Wildman–Crippen LogP) is 2.10. The number of nitrogens with zero attached hydrogens (tertiary/aromatic N) is 4. The minimum atomic E-state index is -0.514. The number of ether oxygens (including phenoxy) is 1. The topological polar surface area (TPSA) is 67.7 Å². The fourth-order valence-electron chi connectivity index (χ4n) is 2.39. The molecule has 22 heavy (non-hydrogen) atoms. The molecule has 0 aromatic carbocycles. The maximum Gasteiger partial charge on any atom is 0.410 e. The molecule has 1 aromatic rings. The highest BCUT2D eigenvalue weighted by Gasteiger charge is 2.32. The van der Waals surface area contributed by atoms with Crippen molar-refractivity contribution in [3.05, 3.63) is 18.0 Å². The average molecular weight is 308 g/mol. The van der Waals surface area contributed by atoms with Gasteiger partial charge in [-0.25, -0.2) is 9.59 Å². The molecule has 0 bridgehead atoms. The molecular weight excluding hydrogens is 284 g/mol. The molecule has 2 amide bonds. The summed E-state index contributed by atoms with van der Waals surface area (Å²) in [7, 11) is 0. The summed E-state index contributed by atoms with van der Waals surface area (Å²) in [5.74, 6) is 0. The lowest BCUT2D eigenvalue weighted by Crippen LogP contribution is -2.57. The van der Waals surface area contributed by atoms with E-state index < -0.39 is 5.60 Å². The summed E-state index contributed by atoms with van der Waals surface area (Å²) in [6.45, 7) is 10.7. The van der Waals surface area contributed by atoms with Crippen molar-refractivity contribution in [2.24, 2.45) is 0 Å². The lowest BCUT2D eigenvalue weighted by molar-refractivity contribution is 0.0105. The molecule has 1 aromatic heterocycles. The van der Waals surface area contributed by atoms with Gasteiger partial charge in [-0.3, -0.25) is 0 Å². The largest absolute Gasteiger partial charge is 0.444 e. The minimum Gasteiger partial charge on any atom is -0.444 e. The zero-order chi connectivity index (χ0) is 16.5. The van der Waals surface area contributed by atoms with Crippen LogP contribution in [0.25, 0.3) is 0 Å². The summed E-state index contributed by atoms with van der Waals surface area (Å²) < 4.78 is 6.72. The molecule has 1 unspecified atom stereocenters. The first kappa shape index (κ1) is 16.3. The van der Waals surface area contributed by atoms with Gasteiger partial charge in [0.1, 0.15) is 5.60 Å². The van der Waals surface area contributed by atoms with Crippen LogP contribution in [0.3, 0.4) is 0 Å². The van der Waals surface area contributed by atoms with E-state index in [1.165, 1.54) is 4.68 Å². The standard InChI is InChI=1S/C15H24N4O3/c1-11-6-7-19(16-11)13(20)18-9-8-17(10-12(18)2)14(21)22-15(3,4)5/h6-7,12H,8-10H2,1-5H3. The molecule has 0 spiro atoms. The van der Waals surface area contributed by atoms with Crippen LogP contribution < -0.4 is 0 Å². The van der Waals surface area contributed by atoms with E-state index in [9.17, 15) is 9.59 Å². The summed E-state index contributed by atoms with van der Waals surface area (Å²) in [5, 5.41) is 4.14. The van der Waals surface area contributed by atoms with Gasteiger partial charge in [-0.05, 0) is 40.7 Å². The van der Waals surface area contributed by atoms with Crippen molar-refractivity contribution >= 4 is 12.1 Å². The molecular formula is C15H24N4O3. The molecule has 2 rings (SSSR count). The molecule has 1 fully saturated rings. The normalized spacial score (nSPS) is 19.2. The van der Waals surface area contributed by atoms with Gasteiger partial charge in [-0.1, -0.05) is 0 Å². The van der Waals surface area contributed by atoms with Gasteiger partial charge in [0.05, 0.1) is 5.69 Å². The van der Waals surface area contributed by atoms with E-state index in [1.54, 1.807) is 22.1 Å². The van der Waals surface area contributed by atoms with Crippen LogP contribution in [-0.2, 0) is 4.74 Å². The van der Waals surface area contributed by atoms with E-state index in [-0.39, 0.29) is 18.2 Å². The highest BCUT2D eigenvalue weighted by Crippen LogP contribution is 2.15. The molecule has 2 heterocycles. The summed E-state index contributed by atoms with van der Waals surface area (Å²) >= 11 is 0. The Morgan fingerprint density at radius 1 is 1.32 bits per heavy atom. The van der Waals surface area contributed by atoms with Crippen molar-refractivity contribution in [1.82, 2.24) is 19.6 Å². The fourth-order valence-corrected chi connectivity index (χ4v) is 2.39. The van der Waals surface area contributed by atoms with Gasteiger partial charge in [0.15, 0.2) is 0 Å². The van der Waals surface area contributed by atoms with Crippen molar-refractivity contribution in [2.75, 3.05) is 19.6 Å². The molecule has 7 heteroatoms. The number of hydrogen-bond donors (Lipinski definition) is 0. The first-order chi connectivity index (χ1) is 10.2. The number of rotatable bonds is 0. The Bertz CT molecular complexity index is 561. The third kappa shape index (κ3) is 3.78. The first-order valence-electron chi connectivity index (χ1n) is 7.48. The summed E-state index contributed by atoms with van der Waals surface area (Å²) in [5.41, 5.74) is 0.285. The van der Waals surface area contributed by atoms with Crippen LogP contribution in [0.15, 0.2) is 12.3 Å². The van der Waals surface area contributed by atoms with Crippen LogP contribution in [0.2, 0.25) is 0 Å². The Morgan fingerprint density at radius 2 is 2.00 bits per heavy atom. The SMILES string of the molecule is Cc1ccn(C(=O)N2CCN(C(=O)OC(C)(C)C)CC2C)n1. The zero-order valence-electron chi connectivity index (χ0n) is 13.9. The molecule has 0 saturated carbocycles. The quantitative estimate of drug-likeness (QED) is 0.736. The second-order valence-electron chi connectivity index (χ2n) is 6.65. The van der Waals surface area contributed by atoms with Crippen LogP contribution >= 0.6 is 0 Å². The Kier molecular flexibility index (Phi) is 4.44. The Hall–Kier alpha value is -2.05. The number of carbonyl (C=O) groups excluding carboxylic acids is 2. The van der Waals surface area contributed by atoms with E-state index in [0.29, 0.717) is 19.6 Å². The van der Waals surface area contributed by atoms with Crippen molar-refractivity contribution in [3.63, 3.8) is 0 Å². The van der Waals surface area contributed by atoms with Crippen molar-refractivity contribution in [1.29, 1.82) is 0 Å². The van der Waals surface area contributed by atoms with Crippen molar-refractivity contribution in [2.45, 2.75) is 46.3 Å². The lowest BCUT2D eigenvalue weighted by atomic mass is 10.2. The fraction of sp³-hybridized carbons (Fsp3) is 0.667. The van der Waals surface area contributed by atoms with Crippen LogP contribution in [0.5, 0.6) is 0 Å². The van der Waals surface area contributed by atoms with Gasteiger partial charge in [-0.2, -0.15) is 9.78 Å². The monoisotopic (exact) mass is 308 g/mol. The minimum absolute atomic E-state index is 0.0849. The molecule has 0 N–H and O–H groups in total. The van der Waals surface area contributed by atoms with Crippen molar-refractivity contribution < 1.29 is 14.3 Å². The van der Waals surface area contributed by atoms with Gasteiger partial charge in [0.25, 0.3) is 0 Å². The van der Waals surface area contributed by atoms with Gasteiger partial charge in [0.2, 0.25) is 0 Å².